The first-order chi connectivity index (χ1) is 8.19. The van der Waals surface area contributed by atoms with Gasteiger partial charge in [0.25, 0.3) is 0 Å². The maximum absolute atomic E-state index is 6.09. The fourth-order valence-electron chi connectivity index (χ4n) is 2.45. The molecule has 2 nitrogen and oxygen atoms in total. The van der Waals surface area contributed by atoms with Gasteiger partial charge in [0.15, 0.2) is 0 Å². The normalized spacial score (nSPS) is 24.6. The Bertz CT molecular complexity index is 372. The van der Waals surface area contributed by atoms with E-state index in [-0.39, 0.29) is 0 Å². The average Bonchev–Trinajstić information content (AvgIpc) is 2.35. The Hall–Kier alpha value is -0.890. The topological polar surface area (TPSA) is 35.2 Å². The lowest BCUT2D eigenvalue weighted by molar-refractivity contribution is 0.130. The first-order valence-electron chi connectivity index (χ1n) is 6.40. The fraction of sp³-hybridized carbons (Fsp3) is 0.571. The Balaban J connectivity index is 1.95. The molecule has 0 unspecified atom stereocenters. The van der Waals surface area contributed by atoms with E-state index in [0.29, 0.717) is 16.8 Å². The second kappa shape index (κ2) is 5.63. The minimum atomic E-state index is 0.303. The van der Waals surface area contributed by atoms with Crippen LogP contribution < -0.4 is 10.5 Å². The molecule has 0 radical (unpaired) electrons. The van der Waals surface area contributed by atoms with Crippen LogP contribution in [0.4, 0.5) is 5.69 Å². The van der Waals surface area contributed by atoms with Gasteiger partial charge in [-0.1, -0.05) is 24.9 Å². The largest absolute Gasteiger partial charge is 0.489 e. The molecule has 1 aliphatic rings. The molecule has 2 N–H and O–H groups in total. The summed E-state index contributed by atoms with van der Waals surface area (Å²) in [5.41, 5.74) is 6.44. The molecule has 0 bridgehead atoms. The van der Waals surface area contributed by atoms with E-state index in [4.69, 9.17) is 22.1 Å². The third-order valence-electron chi connectivity index (χ3n) is 3.62. The van der Waals surface area contributed by atoms with Crippen LogP contribution in [0.3, 0.4) is 0 Å². The maximum Gasteiger partial charge on any atom is 0.140 e. The van der Waals surface area contributed by atoms with Gasteiger partial charge in [-0.15, -0.1) is 0 Å². The number of nitrogen functional groups attached to an aromatic ring is 1. The predicted octanol–water partition coefficient (Wildman–Crippen LogP) is 4.27. The van der Waals surface area contributed by atoms with Gasteiger partial charge in [0.1, 0.15) is 5.75 Å². The number of anilines is 1. The van der Waals surface area contributed by atoms with Crippen molar-refractivity contribution < 1.29 is 4.74 Å². The zero-order chi connectivity index (χ0) is 12.3. The van der Waals surface area contributed by atoms with Crippen LogP contribution in [0.2, 0.25) is 5.02 Å². The van der Waals surface area contributed by atoms with E-state index in [1.165, 1.54) is 19.3 Å². The number of nitrogens with two attached hydrogens (primary N) is 1. The van der Waals surface area contributed by atoms with Gasteiger partial charge in [-0.3, -0.25) is 0 Å². The number of hydrogen-bond donors (Lipinski definition) is 1. The highest BCUT2D eigenvalue weighted by Crippen LogP contribution is 2.33. The van der Waals surface area contributed by atoms with Gasteiger partial charge in [0.05, 0.1) is 11.1 Å². The molecule has 1 aliphatic carbocycles. The van der Waals surface area contributed by atoms with Crippen molar-refractivity contribution in [3.63, 3.8) is 0 Å². The highest BCUT2D eigenvalue weighted by atomic mass is 35.5. The first kappa shape index (κ1) is 12.6. The Labute approximate surface area is 108 Å². The molecule has 2 rings (SSSR count). The summed E-state index contributed by atoms with van der Waals surface area (Å²) in [6.45, 7) is 2.26. The molecule has 0 saturated heterocycles. The smallest absolute Gasteiger partial charge is 0.140 e. The highest BCUT2D eigenvalue weighted by molar-refractivity contribution is 6.32. The van der Waals surface area contributed by atoms with Crippen LogP contribution in [0.25, 0.3) is 0 Å². The summed E-state index contributed by atoms with van der Waals surface area (Å²) in [4.78, 5) is 0. The molecule has 1 aromatic carbocycles. The molecular weight excluding hydrogens is 234 g/mol. The van der Waals surface area contributed by atoms with E-state index in [2.05, 4.69) is 6.92 Å². The molecule has 0 amide bonds. The standard InChI is InChI=1S/C14H20ClNO/c1-2-10-3-6-12(7-4-10)17-14-9-11(16)5-8-13(14)15/h5,8-10,12H,2-4,6-7,16H2,1H3. The maximum atomic E-state index is 6.09. The van der Waals surface area contributed by atoms with Crippen molar-refractivity contribution in [2.24, 2.45) is 5.92 Å². The Morgan fingerprint density at radius 1 is 1.29 bits per heavy atom. The molecule has 1 fully saturated rings. The van der Waals surface area contributed by atoms with Crippen molar-refractivity contribution in [1.82, 2.24) is 0 Å². The molecule has 0 aromatic heterocycles. The lowest BCUT2D eigenvalue weighted by Crippen LogP contribution is -2.24. The van der Waals surface area contributed by atoms with E-state index in [1.54, 1.807) is 12.1 Å². The minimum absolute atomic E-state index is 0.303. The zero-order valence-electron chi connectivity index (χ0n) is 10.3. The van der Waals surface area contributed by atoms with Gasteiger partial charge in [0.2, 0.25) is 0 Å². The van der Waals surface area contributed by atoms with Gasteiger partial charge in [-0.2, -0.15) is 0 Å². The third-order valence-corrected chi connectivity index (χ3v) is 3.93. The summed E-state index contributed by atoms with van der Waals surface area (Å²) in [5.74, 6) is 1.61. The summed E-state index contributed by atoms with van der Waals surface area (Å²) in [6, 6.07) is 5.40. The van der Waals surface area contributed by atoms with E-state index in [0.717, 1.165) is 24.5 Å². The fourth-order valence-corrected chi connectivity index (χ4v) is 2.61. The summed E-state index contributed by atoms with van der Waals surface area (Å²) >= 11 is 6.09. The molecule has 1 saturated carbocycles. The van der Waals surface area contributed by atoms with Gasteiger partial charge in [-0.25, -0.2) is 0 Å². The van der Waals surface area contributed by atoms with Crippen molar-refractivity contribution in [2.75, 3.05) is 5.73 Å². The van der Waals surface area contributed by atoms with Crippen LogP contribution in [-0.2, 0) is 0 Å². The molecule has 17 heavy (non-hydrogen) atoms. The van der Waals surface area contributed by atoms with Crippen LogP contribution in [-0.4, -0.2) is 6.10 Å². The van der Waals surface area contributed by atoms with Crippen LogP contribution in [0.5, 0.6) is 5.75 Å². The van der Waals surface area contributed by atoms with Gasteiger partial charge >= 0.3 is 0 Å². The molecular formula is C14H20ClNO. The second-order valence-corrected chi connectivity index (χ2v) is 5.27. The van der Waals surface area contributed by atoms with Gasteiger partial charge < -0.3 is 10.5 Å². The molecule has 0 spiro atoms. The van der Waals surface area contributed by atoms with E-state index in [1.807, 2.05) is 6.07 Å². The summed E-state index contributed by atoms with van der Waals surface area (Å²) in [5, 5.41) is 0.650. The minimum Gasteiger partial charge on any atom is -0.489 e. The number of benzene rings is 1. The van der Waals surface area contributed by atoms with Gasteiger partial charge in [0, 0.05) is 11.8 Å². The Morgan fingerprint density at radius 3 is 2.65 bits per heavy atom. The van der Waals surface area contributed by atoms with E-state index < -0.39 is 0 Å². The Morgan fingerprint density at radius 2 is 2.00 bits per heavy atom. The quantitative estimate of drug-likeness (QED) is 0.817. The van der Waals surface area contributed by atoms with Crippen LogP contribution in [0.15, 0.2) is 18.2 Å². The summed E-state index contributed by atoms with van der Waals surface area (Å²) < 4.78 is 5.95. The van der Waals surface area contributed by atoms with Crippen molar-refractivity contribution in [2.45, 2.75) is 45.1 Å². The number of halogens is 1. The van der Waals surface area contributed by atoms with E-state index in [9.17, 15) is 0 Å². The van der Waals surface area contributed by atoms with Gasteiger partial charge in [-0.05, 0) is 43.7 Å². The van der Waals surface area contributed by atoms with Crippen molar-refractivity contribution in [3.05, 3.63) is 23.2 Å². The number of hydrogen-bond acceptors (Lipinski definition) is 2. The number of rotatable bonds is 3. The third kappa shape index (κ3) is 3.29. The zero-order valence-corrected chi connectivity index (χ0v) is 11.0. The van der Waals surface area contributed by atoms with Crippen molar-refractivity contribution in [3.8, 4) is 5.75 Å². The number of ether oxygens (including phenoxy) is 1. The van der Waals surface area contributed by atoms with Crippen LogP contribution in [0.1, 0.15) is 39.0 Å². The van der Waals surface area contributed by atoms with Crippen LogP contribution in [0, 0.1) is 5.92 Å². The van der Waals surface area contributed by atoms with Crippen molar-refractivity contribution >= 4 is 17.3 Å². The van der Waals surface area contributed by atoms with Crippen LogP contribution >= 0.6 is 11.6 Å². The first-order valence-corrected chi connectivity index (χ1v) is 6.78. The molecule has 0 heterocycles. The average molecular weight is 254 g/mol. The lowest BCUT2D eigenvalue weighted by atomic mass is 9.86. The lowest BCUT2D eigenvalue weighted by Gasteiger charge is -2.28. The molecule has 0 aliphatic heterocycles. The van der Waals surface area contributed by atoms with E-state index >= 15 is 0 Å². The highest BCUT2D eigenvalue weighted by Gasteiger charge is 2.21. The summed E-state index contributed by atoms with van der Waals surface area (Å²) in [7, 11) is 0. The molecule has 0 atom stereocenters. The van der Waals surface area contributed by atoms with Crippen molar-refractivity contribution in [1.29, 1.82) is 0 Å². The monoisotopic (exact) mass is 253 g/mol. The molecule has 1 aromatic rings. The SMILES string of the molecule is CCC1CCC(Oc2cc(N)ccc2Cl)CC1. The second-order valence-electron chi connectivity index (χ2n) is 4.86. The molecule has 94 valence electrons. The molecule has 3 heteroatoms. The predicted molar refractivity (Wildman–Crippen MR) is 72.5 cm³/mol. The Kier molecular flexibility index (Phi) is 4.16. The summed E-state index contributed by atoms with van der Waals surface area (Å²) in [6.07, 6.45) is 6.37.